The number of carbonyl (C=O) groups excluding carboxylic acids is 2. The van der Waals surface area contributed by atoms with E-state index in [-0.39, 0.29) is 0 Å². The van der Waals surface area contributed by atoms with E-state index in [1.165, 1.54) is 0 Å². The Balaban J connectivity index is 1.85. The van der Waals surface area contributed by atoms with Gasteiger partial charge in [0, 0.05) is 16.7 Å². The Kier molecular flexibility index (Phi) is 2.98. The maximum absolute atomic E-state index is 12.4. The first-order chi connectivity index (χ1) is 11.1. The summed E-state index contributed by atoms with van der Waals surface area (Å²) < 4.78 is 6.32. The molecule has 0 bridgehead atoms. The van der Waals surface area contributed by atoms with Gasteiger partial charge in [0.1, 0.15) is 11.4 Å². The average molecular weight is 304 g/mol. The summed E-state index contributed by atoms with van der Waals surface area (Å²) in [7, 11) is 0. The van der Waals surface area contributed by atoms with Gasteiger partial charge in [-0.3, -0.25) is 9.59 Å². The average Bonchev–Trinajstić information content (AvgIpc) is 2.60. The molecule has 114 valence electrons. The van der Waals surface area contributed by atoms with Gasteiger partial charge in [-0.25, -0.2) is 0 Å². The number of benzene rings is 2. The Labute approximate surface area is 134 Å². The second-order valence-electron chi connectivity index (χ2n) is 6.21. The van der Waals surface area contributed by atoms with Gasteiger partial charge < -0.3 is 4.74 Å². The molecular weight excluding hydrogens is 288 g/mol. The third-order valence-electron chi connectivity index (χ3n) is 4.73. The van der Waals surface area contributed by atoms with Crippen LogP contribution in [0.3, 0.4) is 0 Å². The number of ketones is 2. The van der Waals surface area contributed by atoms with Crippen LogP contribution in [0.4, 0.5) is 0 Å². The van der Waals surface area contributed by atoms with Crippen LogP contribution in [-0.2, 0) is 15.1 Å². The van der Waals surface area contributed by atoms with Crippen molar-refractivity contribution in [3.63, 3.8) is 0 Å². The van der Waals surface area contributed by atoms with E-state index >= 15 is 0 Å². The van der Waals surface area contributed by atoms with Crippen molar-refractivity contribution < 1.29 is 14.3 Å². The molecule has 2 aromatic rings. The lowest BCUT2D eigenvalue weighted by Gasteiger charge is -2.39. The highest BCUT2D eigenvalue weighted by molar-refractivity contribution is 6.52. The molecule has 1 atom stereocenters. The van der Waals surface area contributed by atoms with Crippen molar-refractivity contribution in [1.82, 2.24) is 0 Å². The van der Waals surface area contributed by atoms with Gasteiger partial charge in [-0.15, -0.1) is 0 Å². The summed E-state index contributed by atoms with van der Waals surface area (Å²) in [6.45, 7) is 2.04. The molecule has 1 heterocycles. The molecule has 2 aromatic carbocycles. The normalized spacial score (nSPS) is 23.2. The molecule has 4 rings (SSSR count). The largest absolute Gasteiger partial charge is 0.482 e. The monoisotopic (exact) mass is 304 g/mol. The highest BCUT2D eigenvalue weighted by Crippen LogP contribution is 2.45. The number of fused-ring (bicyclic) bond motifs is 2. The van der Waals surface area contributed by atoms with E-state index in [2.05, 4.69) is 0 Å². The van der Waals surface area contributed by atoms with Gasteiger partial charge in [0.05, 0.1) is 0 Å². The molecule has 3 heteroatoms. The fourth-order valence-corrected chi connectivity index (χ4v) is 3.38. The molecule has 1 unspecified atom stereocenters. The fourth-order valence-electron chi connectivity index (χ4n) is 3.38. The lowest BCUT2D eigenvalue weighted by molar-refractivity contribution is -0.112. The standard InChI is InChI=1S/C20H16O3/c1-20(13-7-3-2-4-8-13)12-11-16-18(22)17(21)14-9-5-6-10-15(14)19(16)23-20/h2-10H,11-12H2,1H3. The van der Waals surface area contributed by atoms with Crippen molar-refractivity contribution in [2.45, 2.75) is 25.4 Å². The summed E-state index contributed by atoms with van der Waals surface area (Å²) in [4.78, 5) is 24.6. The smallest absolute Gasteiger partial charge is 0.234 e. The minimum Gasteiger partial charge on any atom is -0.482 e. The Bertz CT molecular complexity index is 848. The summed E-state index contributed by atoms with van der Waals surface area (Å²) in [6.07, 6.45) is 1.23. The van der Waals surface area contributed by atoms with Gasteiger partial charge in [0.15, 0.2) is 0 Å². The van der Waals surface area contributed by atoms with E-state index in [4.69, 9.17) is 4.74 Å². The van der Waals surface area contributed by atoms with Gasteiger partial charge in [0.25, 0.3) is 0 Å². The zero-order valence-electron chi connectivity index (χ0n) is 12.8. The van der Waals surface area contributed by atoms with Gasteiger partial charge >= 0.3 is 0 Å². The van der Waals surface area contributed by atoms with Gasteiger partial charge in [-0.1, -0.05) is 54.6 Å². The fraction of sp³-hybridized carbons (Fsp3) is 0.200. The molecule has 0 fully saturated rings. The molecule has 1 aliphatic heterocycles. The number of rotatable bonds is 1. The van der Waals surface area contributed by atoms with Crippen LogP contribution in [0.1, 0.15) is 41.3 Å². The third kappa shape index (κ3) is 2.04. The van der Waals surface area contributed by atoms with E-state index in [1.54, 1.807) is 12.1 Å². The van der Waals surface area contributed by atoms with Gasteiger partial charge in [-0.2, -0.15) is 0 Å². The van der Waals surface area contributed by atoms with Crippen LogP contribution in [0, 0.1) is 0 Å². The molecule has 23 heavy (non-hydrogen) atoms. The Morgan fingerprint density at radius 1 is 0.870 bits per heavy atom. The highest BCUT2D eigenvalue weighted by Gasteiger charge is 2.42. The van der Waals surface area contributed by atoms with Crippen LogP contribution in [0.2, 0.25) is 0 Å². The van der Waals surface area contributed by atoms with Crippen LogP contribution in [0.5, 0.6) is 0 Å². The minimum absolute atomic E-state index is 0.422. The summed E-state index contributed by atoms with van der Waals surface area (Å²) in [5.74, 6) is -0.275. The maximum atomic E-state index is 12.4. The molecule has 0 saturated heterocycles. The first kappa shape index (κ1) is 13.9. The maximum Gasteiger partial charge on any atom is 0.234 e. The van der Waals surface area contributed by atoms with Crippen LogP contribution >= 0.6 is 0 Å². The number of Topliss-reactive ketones (excluding diaryl/α,β-unsaturated/α-hetero) is 2. The Hall–Kier alpha value is -2.68. The van der Waals surface area contributed by atoms with Gasteiger partial charge in [0.2, 0.25) is 11.6 Å². The van der Waals surface area contributed by atoms with Crippen molar-refractivity contribution >= 4 is 17.3 Å². The first-order valence-electron chi connectivity index (χ1n) is 7.76. The predicted molar refractivity (Wildman–Crippen MR) is 86.8 cm³/mol. The summed E-state index contributed by atoms with van der Waals surface area (Å²) >= 11 is 0. The number of hydrogen-bond donors (Lipinski definition) is 0. The molecule has 0 aromatic heterocycles. The quantitative estimate of drug-likeness (QED) is 0.751. The van der Waals surface area contributed by atoms with E-state index in [0.29, 0.717) is 29.7 Å². The van der Waals surface area contributed by atoms with Crippen LogP contribution < -0.4 is 0 Å². The second-order valence-corrected chi connectivity index (χ2v) is 6.21. The Morgan fingerprint density at radius 2 is 1.52 bits per heavy atom. The van der Waals surface area contributed by atoms with E-state index < -0.39 is 17.2 Å². The molecule has 0 radical (unpaired) electrons. The van der Waals surface area contributed by atoms with Crippen LogP contribution in [-0.4, -0.2) is 11.6 Å². The molecule has 3 nitrogen and oxygen atoms in total. The zero-order chi connectivity index (χ0) is 16.0. The summed E-state index contributed by atoms with van der Waals surface area (Å²) in [5, 5.41) is 0. The molecular formula is C20H16O3. The van der Waals surface area contributed by atoms with E-state index in [0.717, 1.165) is 11.1 Å². The lowest BCUT2D eigenvalue weighted by Crippen LogP contribution is -2.35. The van der Waals surface area contributed by atoms with Crippen molar-refractivity contribution in [3.05, 3.63) is 76.9 Å². The Morgan fingerprint density at radius 3 is 2.26 bits per heavy atom. The number of hydrogen-bond acceptors (Lipinski definition) is 3. The van der Waals surface area contributed by atoms with Crippen molar-refractivity contribution in [2.24, 2.45) is 0 Å². The second kappa shape index (κ2) is 4.92. The SMILES string of the molecule is CC1(c2ccccc2)CCC2=C(O1)c1ccccc1C(=O)C2=O. The summed E-state index contributed by atoms with van der Waals surface area (Å²) in [5.41, 5.74) is 2.27. The third-order valence-corrected chi connectivity index (χ3v) is 4.73. The number of carbonyl (C=O) groups is 2. The number of allylic oxidation sites excluding steroid dienone is 1. The molecule has 0 N–H and O–H groups in total. The van der Waals surface area contributed by atoms with Gasteiger partial charge in [-0.05, 0) is 25.3 Å². The molecule has 1 aliphatic carbocycles. The van der Waals surface area contributed by atoms with E-state index in [1.807, 2.05) is 49.4 Å². The van der Waals surface area contributed by atoms with Crippen molar-refractivity contribution in [3.8, 4) is 0 Å². The topological polar surface area (TPSA) is 43.4 Å². The molecule has 0 saturated carbocycles. The van der Waals surface area contributed by atoms with Crippen LogP contribution in [0.25, 0.3) is 5.76 Å². The molecule has 0 spiro atoms. The van der Waals surface area contributed by atoms with Crippen molar-refractivity contribution in [2.75, 3.05) is 0 Å². The highest BCUT2D eigenvalue weighted by atomic mass is 16.5. The zero-order valence-corrected chi connectivity index (χ0v) is 12.8. The molecule has 2 aliphatic rings. The summed E-state index contributed by atoms with van der Waals surface area (Å²) in [6, 6.07) is 17.2. The van der Waals surface area contributed by atoms with E-state index in [9.17, 15) is 9.59 Å². The minimum atomic E-state index is -0.492. The first-order valence-corrected chi connectivity index (χ1v) is 7.76. The number of ether oxygens (including phenoxy) is 1. The lowest BCUT2D eigenvalue weighted by atomic mass is 9.80. The van der Waals surface area contributed by atoms with Crippen LogP contribution in [0.15, 0.2) is 60.2 Å². The van der Waals surface area contributed by atoms with Crippen molar-refractivity contribution in [1.29, 1.82) is 0 Å². The molecule has 0 amide bonds. The predicted octanol–water partition coefficient (Wildman–Crippen LogP) is 3.89.